The average molecular weight is 286 g/mol. The molecule has 3 nitrogen and oxygen atoms in total. The molecule has 1 aliphatic carbocycles. The van der Waals surface area contributed by atoms with Crippen molar-refractivity contribution in [1.29, 1.82) is 0 Å². The number of amides is 1. The molecule has 0 aliphatic heterocycles. The van der Waals surface area contributed by atoms with Crippen molar-refractivity contribution in [1.82, 2.24) is 5.32 Å². The highest BCUT2D eigenvalue weighted by Crippen LogP contribution is 2.22. The Morgan fingerprint density at radius 3 is 2.25 bits per heavy atom. The van der Waals surface area contributed by atoms with E-state index in [1.807, 2.05) is 0 Å². The van der Waals surface area contributed by atoms with Crippen molar-refractivity contribution in [3.05, 3.63) is 35.1 Å². The van der Waals surface area contributed by atoms with Gasteiger partial charge in [0.05, 0.1) is 0 Å². The van der Waals surface area contributed by atoms with Gasteiger partial charge in [-0.2, -0.15) is 0 Å². The van der Waals surface area contributed by atoms with Gasteiger partial charge in [0, 0.05) is 24.7 Å². The molecule has 0 radical (unpaired) electrons. The number of hydrogen-bond donors (Lipinski definition) is 2. The number of benzene rings is 1. The summed E-state index contributed by atoms with van der Waals surface area (Å²) in [6.45, 7) is 0.349. The van der Waals surface area contributed by atoms with Gasteiger partial charge in [0.1, 0.15) is 23.0 Å². The van der Waals surface area contributed by atoms with E-state index in [2.05, 4.69) is 5.32 Å². The zero-order valence-electron chi connectivity index (χ0n) is 11.0. The molecular formula is C14H17F3N2O. The Kier molecular flexibility index (Phi) is 4.65. The predicted octanol–water partition coefficient (Wildman–Crippen LogP) is 2.35. The van der Waals surface area contributed by atoms with Gasteiger partial charge in [-0.25, -0.2) is 13.2 Å². The number of hydrogen-bond acceptors (Lipinski definition) is 2. The van der Waals surface area contributed by atoms with Crippen LogP contribution >= 0.6 is 0 Å². The monoisotopic (exact) mass is 286 g/mol. The lowest BCUT2D eigenvalue weighted by atomic mass is 9.86. The third kappa shape index (κ3) is 3.50. The summed E-state index contributed by atoms with van der Waals surface area (Å²) in [5.41, 5.74) is 5.04. The minimum atomic E-state index is -1.19. The summed E-state index contributed by atoms with van der Waals surface area (Å²) in [6.07, 6.45) is 3.55. The molecule has 1 amide bonds. The van der Waals surface area contributed by atoms with E-state index in [1.54, 1.807) is 0 Å². The van der Waals surface area contributed by atoms with Crippen LogP contribution in [0.15, 0.2) is 12.1 Å². The maximum atomic E-state index is 13.4. The SMILES string of the molecule is NC1CCC(CNC(=O)c2c(F)cc(F)cc2F)CC1. The van der Waals surface area contributed by atoms with Crippen LogP contribution in [0.5, 0.6) is 0 Å². The molecule has 3 N–H and O–H groups in total. The molecule has 0 atom stereocenters. The average Bonchev–Trinajstić information content (AvgIpc) is 2.37. The summed E-state index contributed by atoms with van der Waals surface area (Å²) in [6, 6.07) is 1.20. The summed E-state index contributed by atoms with van der Waals surface area (Å²) < 4.78 is 39.6. The maximum absolute atomic E-state index is 13.4. The van der Waals surface area contributed by atoms with Crippen LogP contribution in [0.1, 0.15) is 36.0 Å². The van der Waals surface area contributed by atoms with Gasteiger partial charge in [-0.05, 0) is 31.6 Å². The third-order valence-electron chi connectivity index (χ3n) is 3.68. The smallest absolute Gasteiger partial charge is 0.257 e. The Morgan fingerprint density at radius 2 is 1.70 bits per heavy atom. The van der Waals surface area contributed by atoms with Gasteiger partial charge in [-0.1, -0.05) is 0 Å². The molecule has 1 saturated carbocycles. The van der Waals surface area contributed by atoms with Crippen LogP contribution in [0, 0.1) is 23.4 Å². The normalized spacial score (nSPS) is 22.6. The summed E-state index contributed by atoms with van der Waals surface area (Å²) in [4.78, 5) is 11.8. The largest absolute Gasteiger partial charge is 0.352 e. The molecule has 20 heavy (non-hydrogen) atoms. The van der Waals surface area contributed by atoms with Crippen molar-refractivity contribution in [2.45, 2.75) is 31.7 Å². The van der Waals surface area contributed by atoms with Crippen LogP contribution in [0.4, 0.5) is 13.2 Å². The van der Waals surface area contributed by atoms with E-state index in [4.69, 9.17) is 5.73 Å². The van der Waals surface area contributed by atoms with Crippen molar-refractivity contribution >= 4 is 5.91 Å². The summed E-state index contributed by atoms with van der Waals surface area (Å²) in [7, 11) is 0. The number of rotatable bonds is 3. The fraction of sp³-hybridized carbons (Fsp3) is 0.500. The molecule has 0 unspecified atom stereocenters. The molecule has 1 aromatic rings. The lowest BCUT2D eigenvalue weighted by Crippen LogP contribution is -2.34. The fourth-order valence-electron chi connectivity index (χ4n) is 2.48. The first kappa shape index (κ1) is 14.8. The molecule has 1 fully saturated rings. The van der Waals surface area contributed by atoms with Gasteiger partial charge >= 0.3 is 0 Å². The Hall–Kier alpha value is -1.56. The van der Waals surface area contributed by atoms with Crippen molar-refractivity contribution < 1.29 is 18.0 Å². The standard InChI is InChI=1S/C14H17F3N2O/c15-9-5-11(16)13(12(17)6-9)14(20)19-7-8-1-3-10(18)4-2-8/h5-6,8,10H,1-4,7,18H2,(H,19,20). The lowest BCUT2D eigenvalue weighted by molar-refractivity contribution is 0.0934. The van der Waals surface area contributed by atoms with E-state index in [1.165, 1.54) is 0 Å². The van der Waals surface area contributed by atoms with Gasteiger partial charge in [-0.15, -0.1) is 0 Å². The zero-order valence-corrected chi connectivity index (χ0v) is 11.0. The highest BCUT2D eigenvalue weighted by molar-refractivity contribution is 5.94. The summed E-state index contributed by atoms with van der Waals surface area (Å²) in [5.74, 6) is -4.01. The lowest BCUT2D eigenvalue weighted by Gasteiger charge is -2.26. The minimum Gasteiger partial charge on any atom is -0.352 e. The van der Waals surface area contributed by atoms with E-state index in [9.17, 15) is 18.0 Å². The predicted molar refractivity (Wildman–Crippen MR) is 68.6 cm³/mol. The van der Waals surface area contributed by atoms with Crippen LogP contribution in [0.3, 0.4) is 0 Å². The van der Waals surface area contributed by atoms with Crippen LogP contribution in [-0.2, 0) is 0 Å². The first-order chi connectivity index (χ1) is 9.47. The highest BCUT2D eigenvalue weighted by Gasteiger charge is 2.22. The molecule has 6 heteroatoms. The Bertz CT molecular complexity index is 476. The van der Waals surface area contributed by atoms with E-state index >= 15 is 0 Å². The topological polar surface area (TPSA) is 55.1 Å². The third-order valence-corrected chi connectivity index (χ3v) is 3.68. The number of nitrogens with two attached hydrogens (primary N) is 1. The highest BCUT2D eigenvalue weighted by atomic mass is 19.1. The Balaban J connectivity index is 1.95. The maximum Gasteiger partial charge on any atom is 0.257 e. The van der Waals surface area contributed by atoms with Crippen LogP contribution in [-0.4, -0.2) is 18.5 Å². The second-order valence-corrected chi connectivity index (χ2v) is 5.24. The fourth-order valence-corrected chi connectivity index (χ4v) is 2.48. The van der Waals surface area contributed by atoms with Gasteiger partial charge in [-0.3, -0.25) is 4.79 Å². The first-order valence-corrected chi connectivity index (χ1v) is 6.65. The number of carbonyl (C=O) groups excluding carboxylic acids is 1. The summed E-state index contributed by atoms with van der Waals surface area (Å²) >= 11 is 0. The molecule has 0 spiro atoms. The minimum absolute atomic E-state index is 0.203. The van der Waals surface area contributed by atoms with Crippen molar-refractivity contribution in [3.63, 3.8) is 0 Å². The van der Waals surface area contributed by atoms with Crippen LogP contribution < -0.4 is 11.1 Å². The number of carbonyl (C=O) groups is 1. The molecule has 0 bridgehead atoms. The van der Waals surface area contributed by atoms with Gasteiger partial charge < -0.3 is 11.1 Å². The Labute approximate surface area is 115 Å². The van der Waals surface area contributed by atoms with E-state index < -0.39 is 28.9 Å². The molecule has 1 aromatic carbocycles. The molecule has 0 saturated heterocycles. The van der Waals surface area contributed by atoms with E-state index in [0.29, 0.717) is 18.7 Å². The Morgan fingerprint density at radius 1 is 1.15 bits per heavy atom. The molecule has 110 valence electrons. The first-order valence-electron chi connectivity index (χ1n) is 6.65. The quantitative estimate of drug-likeness (QED) is 0.896. The van der Waals surface area contributed by atoms with E-state index in [0.717, 1.165) is 25.7 Å². The zero-order chi connectivity index (χ0) is 14.7. The van der Waals surface area contributed by atoms with Crippen molar-refractivity contribution in [2.75, 3.05) is 6.54 Å². The molecule has 0 heterocycles. The van der Waals surface area contributed by atoms with Crippen LogP contribution in [0.2, 0.25) is 0 Å². The van der Waals surface area contributed by atoms with E-state index in [-0.39, 0.29) is 12.0 Å². The van der Waals surface area contributed by atoms with Crippen molar-refractivity contribution in [3.8, 4) is 0 Å². The molecular weight excluding hydrogens is 269 g/mol. The summed E-state index contributed by atoms with van der Waals surface area (Å²) in [5, 5.41) is 2.50. The molecule has 2 rings (SSSR count). The van der Waals surface area contributed by atoms with Crippen LogP contribution in [0.25, 0.3) is 0 Å². The van der Waals surface area contributed by atoms with Gasteiger partial charge in [0.15, 0.2) is 0 Å². The second kappa shape index (κ2) is 6.26. The number of halogens is 3. The molecule has 0 aromatic heterocycles. The second-order valence-electron chi connectivity index (χ2n) is 5.24. The van der Waals surface area contributed by atoms with Gasteiger partial charge in [0.25, 0.3) is 5.91 Å². The van der Waals surface area contributed by atoms with Crippen molar-refractivity contribution in [2.24, 2.45) is 11.7 Å². The molecule has 1 aliphatic rings. The number of nitrogens with one attached hydrogen (secondary N) is 1. The van der Waals surface area contributed by atoms with Gasteiger partial charge in [0.2, 0.25) is 0 Å².